The molecule has 0 heterocycles. The highest BCUT2D eigenvalue weighted by Gasteiger charge is 2.14. The Bertz CT molecular complexity index is 1360. The number of nitriles is 1. The van der Waals surface area contributed by atoms with Crippen molar-refractivity contribution in [3.05, 3.63) is 97.1 Å². The lowest BCUT2D eigenvalue weighted by molar-refractivity contribution is 1.49. The zero-order valence-corrected chi connectivity index (χ0v) is 17.5. The van der Waals surface area contributed by atoms with Gasteiger partial charge >= 0.3 is 0 Å². The molecule has 31 heavy (non-hydrogen) atoms. The van der Waals surface area contributed by atoms with Crippen molar-refractivity contribution in [3.63, 3.8) is 0 Å². The van der Waals surface area contributed by atoms with Crippen molar-refractivity contribution in [1.29, 1.82) is 16.1 Å². The first kappa shape index (κ1) is 21.4. The van der Waals surface area contributed by atoms with E-state index in [1.165, 1.54) is 32.7 Å². The van der Waals surface area contributed by atoms with Gasteiger partial charge in [-0.05, 0) is 86.9 Å². The molecule has 0 aromatic heterocycles. The third kappa shape index (κ3) is 3.80. The molecule has 0 aliphatic carbocycles. The highest BCUT2D eigenvalue weighted by molar-refractivity contribution is 6.31. The van der Waals surface area contributed by atoms with E-state index in [4.69, 9.17) is 10.8 Å². The summed E-state index contributed by atoms with van der Waals surface area (Å²) in [4.78, 5) is 0. The van der Waals surface area contributed by atoms with E-state index in [1.54, 1.807) is 12.2 Å². The number of hydrogen-bond acceptors (Lipinski definition) is 3. The summed E-state index contributed by atoms with van der Waals surface area (Å²) in [5.41, 5.74) is 3.75. The van der Waals surface area contributed by atoms with Crippen LogP contribution >= 0.6 is 0 Å². The normalized spacial score (nSPS) is 11.7. The maximum absolute atomic E-state index is 9.22. The summed E-state index contributed by atoms with van der Waals surface area (Å²) in [5.74, 6) is 0. The van der Waals surface area contributed by atoms with Gasteiger partial charge in [0.1, 0.15) is 11.8 Å². The van der Waals surface area contributed by atoms with Crippen molar-refractivity contribution in [2.24, 2.45) is 0 Å². The van der Waals surface area contributed by atoms with E-state index in [-0.39, 0.29) is 5.71 Å². The van der Waals surface area contributed by atoms with E-state index in [1.807, 2.05) is 18.2 Å². The summed E-state index contributed by atoms with van der Waals surface area (Å²) in [6, 6.07) is 19.0. The van der Waals surface area contributed by atoms with Crippen LogP contribution in [-0.2, 0) is 0 Å². The maximum Gasteiger partial charge on any atom is 0.139 e. The van der Waals surface area contributed by atoms with E-state index >= 15 is 0 Å². The van der Waals surface area contributed by atoms with Gasteiger partial charge < -0.3 is 5.41 Å². The predicted molar refractivity (Wildman–Crippen MR) is 135 cm³/mol. The van der Waals surface area contributed by atoms with Crippen LogP contribution in [-0.4, -0.2) is 12.4 Å². The lowest BCUT2D eigenvalue weighted by Crippen LogP contribution is -1.98. The molecule has 4 aromatic rings. The topological polar surface area (TPSA) is 71.5 Å². The van der Waals surface area contributed by atoms with Gasteiger partial charge in [-0.1, -0.05) is 61.7 Å². The quantitative estimate of drug-likeness (QED) is 0.202. The molecule has 0 atom stereocenters. The Morgan fingerprint density at radius 1 is 0.806 bits per heavy atom. The Morgan fingerprint density at radius 3 is 1.61 bits per heavy atom. The average Bonchev–Trinajstić information content (AvgIpc) is 2.81. The highest BCUT2D eigenvalue weighted by Crippen LogP contribution is 2.38. The van der Waals surface area contributed by atoms with Gasteiger partial charge in [-0.15, -0.1) is 0 Å². The Balaban J connectivity index is 0.00000132. The summed E-state index contributed by atoms with van der Waals surface area (Å²) in [6.07, 6.45) is 7.18. The fourth-order valence-corrected chi connectivity index (χ4v) is 4.00. The molecular weight excluding hydrogens is 378 g/mol. The molecule has 0 aliphatic rings. The Hall–Kier alpha value is -4.29. The first-order valence-corrected chi connectivity index (χ1v) is 9.77. The molecule has 3 heteroatoms. The molecule has 150 valence electrons. The second-order valence-electron chi connectivity index (χ2n) is 7.11. The standard InChI is InChI=1S/C27H20N2.CH3N/c1-4-6-17(3)22-12-18-8-10-20-14-23(24(7-5-2)25(29)16-28)15-21-11-9-19(13-22)26(18)27(20)21;1-2/h4-15,29H,1-2H2,3H3;2H,1H2/b17-6+,24-7-,29-25?;. The number of nitrogens with zero attached hydrogens (tertiary/aromatic N) is 1. The van der Waals surface area contributed by atoms with Crippen molar-refractivity contribution in [2.45, 2.75) is 6.92 Å². The van der Waals surface area contributed by atoms with Gasteiger partial charge in [-0.25, -0.2) is 0 Å². The molecule has 0 spiro atoms. The van der Waals surface area contributed by atoms with E-state index in [9.17, 15) is 5.26 Å². The van der Waals surface area contributed by atoms with Crippen molar-refractivity contribution < 1.29 is 0 Å². The van der Waals surface area contributed by atoms with Gasteiger partial charge in [0, 0.05) is 5.57 Å². The summed E-state index contributed by atoms with van der Waals surface area (Å²) in [5, 5.41) is 29.8. The van der Waals surface area contributed by atoms with Crippen LogP contribution in [0.4, 0.5) is 0 Å². The van der Waals surface area contributed by atoms with Crippen LogP contribution in [0, 0.1) is 22.1 Å². The molecule has 0 saturated carbocycles. The number of benzene rings is 4. The summed E-state index contributed by atoms with van der Waals surface area (Å²) in [6.45, 7) is 12.1. The number of rotatable bonds is 5. The smallest absolute Gasteiger partial charge is 0.139 e. The second-order valence-corrected chi connectivity index (χ2v) is 7.11. The monoisotopic (exact) mass is 401 g/mol. The Labute approximate surface area is 182 Å². The zero-order valence-electron chi connectivity index (χ0n) is 17.5. The second kappa shape index (κ2) is 9.02. The summed E-state index contributed by atoms with van der Waals surface area (Å²) >= 11 is 0. The molecule has 0 radical (unpaired) electrons. The fourth-order valence-electron chi connectivity index (χ4n) is 4.00. The van der Waals surface area contributed by atoms with E-state index in [0.717, 1.165) is 16.3 Å². The predicted octanol–water partition coefficient (Wildman–Crippen LogP) is 7.55. The van der Waals surface area contributed by atoms with E-state index in [0.29, 0.717) is 5.57 Å². The molecular formula is C28H23N3. The van der Waals surface area contributed by atoms with Crippen molar-refractivity contribution in [3.8, 4) is 6.07 Å². The SMILES string of the molecule is C=C/C=C(\C(=N)C#N)c1cc2ccc3cc(/C(C)=C/C=C)cc4ccc(c1)c2c34.C=N. The first-order valence-electron chi connectivity index (χ1n) is 9.77. The molecule has 0 bridgehead atoms. The van der Waals surface area contributed by atoms with Gasteiger partial charge in [-0.2, -0.15) is 5.26 Å². The van der Waals surface area contributed by atoms with Gasteiger partial charge in [0.15, 0.2) is 0 Å². The summed E-state index contributed by atoms with van der Waals surface area (Å²) in [7, 11) is 0. The minimum absolute atomic E-state index is 0.0631. The first-order chi connectivity index (χ1) is 15.1. The molecule has 0 unspecified atom stereocenters. The van der Waals surface area contributed by atoms with Crippen LogP contribution in [0.5, 0.6) is 0 Å². The summed E-state index contributed by atoms with van der Waals surface area (Å²) < 4.78 is 0. The van der Waals surface area contributed by atoms with Gasteiger partial charge in [-0.3, -0.25) is 5.41 Å². The fraction of sp³-hybridized carbons (Fsp3) is 0.0357. The largest absolute Gasteiger partial charge is 0.317 e. The highest BCUT2D eigenvalue weighted by atomic mass is 14.4. The third-order valence-electron chi connectivity index (χ3n) is 5.33. The number of allylic oxidation sites excluding steroid dienone is 6. The van der Waals surface area contributed by atoms with Crippen molar-refractivity contribution in [2.75, 3.05) is 0 Å². The molecule has 3 nitrogen and oxygen atoms in total. The van der Waals surface area contributed by atoms with Crippen molar-refractivity contribution in [1.82, 2.24) is 0 Å². The van der Waals surface area contributed by atoms with Crippen LogP contribution in [0.1, 0.15) is 18.1 Å². The minimum Gasteiger partial charge on any atom is -0.317 e. The van der Waals surface area contributed by atoms with Crippen LogP contribution < -0.4 is 0 Å². The van der Waals surface area contributed by atoms with Crippen LogP contribution in [0.15, 0.2) is 86.0 Å². The molecule has 0 amide bonds. The molecule has 0 saturated heterocycles. The molecule has 0 aliphatic heterocycles. The van der Waals surface area contributed by atoms with Crippen LogP contribution in [0.3, 0.4) is 0 Å². The minimum atomic E-state index is -0.0631. The molecule has 4 aromatic carbocycles. The molecule has 0 fully saturated rings. The zero-order chi connectivity index (χ0) is 22.5. The molecule has 4 rings (SSSR count). The average molecular weight is 402 g/mol. The van der Waals surface area contributed by atoms with E-state index < -0.39 is 0 Å². The van der Waals surface area contributed by atoms with Crippen molar-refractivity contribution >= 4 is 55.9 Å². The van der Waals surface area contributed by atoms with Gasteiger partial charge in [0.05, 0.1) is 0 Å². The lowest BCUT2D eigenvalue weighted by atomic mass is 9.89. The van der Waals surface area contributed by atoms with Crippen LogP contribution in [0.2, 0.25) is 0 Å². The number of nitrogens with one attached hydrogen (secondary N) is 2. The third-order valence-corrected chi connectivity index (χ3v) is 5.33. The maximum atomic E-state index is 9.22. The van der Waals surface area contributed by atoms with Crippen LogP contribution in [0.25, 0.3) is 43.5 Å². The Kier molecular flexibility index (Phi) is 6.23. The lowest BCUT2D eigenvalue weighted by Gasteiger charge is -2.15. The number of hydrogen-bond donors (Lipinski definition) is 2. The Morgan fingerprint density at radius 2 is 1.23 bits per heavy atom. The molecule has 2 N–H and O–H groups in total. The van der Waals surface area contributed by atoms with Gasteiger partial charge in [0.2, 0.25) is 0 Å². The van der Waals surface area contributed by atoms with E-state index in [2.05, 4.69) is 75.3 Å². The van der Waals surface area contributed by atoms with Gasteiger partial charge in [0.25, 0.3) is 0 Å².